The molecule has 1 N–H and O–H groups in total. The van der Waals surface area contributed by atoms with Crippen LogP contribution in [-0.2, 0) is 16.6 Å². The Morgan fingerprint density at radius 3 is 2.25 bits per heavy atom. The lowest BCUT2D eigenvalue weighted by Crippen LogP contribution is -2.48. The minimum Gasteiger partial charge on any atom is -0.486 e. The fraction of sp³-hybridized carbons (Fsp3) is 0.296. The molecule has 3 aromatic rings. The van der Waals surface area contributed by atoms with Crippen molar-refractivity contribution in [1.29, 1.82) is 0 Å². The van der Waals surface area contributed by atoms with E-state index in [2.05, 4.69) is 10.2 Å². The molecule has 5 rings (SSSR count). The van der Waals surface area contributed by atoms with Gasteiger partial charge in [0.05, 0.1) is 11.4 Å². The Morgan fingerprint density at radius 1 is 0.861 bits per heavy atom. The number of hydrogen-bond acceptors (Lipinski definition) is 6. The van der Waals surface area contributed by atoms with Gasteiger partial charge in [-0.1, -0.05) is 42.5 Å². The van der Waals surface area contributed by atoms with Crippen LogP contribution in [0.25, 0.3) is 0 Å². The number of para-hydroxylation sites is 2. The predicted octanol–water partition coefficient (Wildman–Crippen LogP) is 2.76. The molecular weight excluding hydrogens is 478 g/mol. The lowest BCUT2D eigenvalue weighted by atomic mass is 10.1. The maximum absolute atomic E-state index is 12.8. The lowest BCUT2D eigenvalue weighted by Gasteiger charge is -2.34. The number of fused-ring (bicyclic) bond motifs is 1. The summed E-state index contributed by atoms with van der Waals surface area (Å²) in [6.07, 6.45) is -0.243. The maximum atomic E-state index is 12.8. The molecule has 9 heteroatoms. The molecule has 2 heterocycles. The Labute approximate surface area is 211 Å². The molecule has 1 amide bonds. The molecule has 0 radical (unpaired) electrons. The Balaban J connectivity index is 1.09. The van der Waals surface area contributed by atoms with E-state index < -0.39 is 10.0 Å². The van der Waals surface area contributed by atoms with Crippen LogP contribution in [0, 0.1) is 0 Å². The van der Waals surface area contributed by atoms with Gasteiger partial charge in [0.1, 0.15) is 12.7 Å². The average molecular weight is 508 g/mol. The fourth-order valence-electron chi connectivity index (χ4n) is 4.36. The van der Waals surface area contributed by atoms with Gasteiger partial charge in [-0.3, -0.25) is 9.69 Å². The van der Waals surface area contributed by atoms with Gasteiger partial charge >= 0.3 is 0 Å². The third-order valence-corrected chi connectivity index (χ3v) is 8.31. The van der Waals surface area contributed by atoms with Crippen LogP contribution in [0.15, 0.2) is 83.8 Å². The van der Waals surface area contributed by atoms with Gasteiger partial charge in [-0.05, 0) is 42.0 Å². The Kier molecular flexibility index (Phi) is 7.22. The highest BCUT2D eigenvalue weighted by molar-refractivity contribution is 7.89. The highest BCUT2D eigenvalue weighted by Crippen LogP contribution is 2.30. The van der Waals surface area contributed by atoms with E-state index >= 15 is 0 Å². The van der Waals surface area contributed by atoms with Gasteiger partial charge in [0.15, 0.2) is 11.5 Å². The molecular formula is C27H29N3O5S. The highest BCUT2D eigenvalue weighted by Gasteiger charge is 2.28. The molecule has 36 heavy (non-hydrogen) atoms. The second-order valence-corrected chi connectivity index (χ2v) is 10.8. The second-order valence-electron chi connectivity index (χ2n) is 8.90. The van der Waals surface area contributed by atoms with Crippen LogP contribution in [0.2, 0.25) is 0 Å². The molecule has 0 spiro atoms. The number of sulfonamides is 1. The minimum atomic E-state index is -3.46. The summed E-state index contributed by atoms with van der Waals surface area (Å²) in [5.41, 5.74) is 1.65. The zero-order chi connectivity index (χ0) is 25.0. The topological polar surface area (TPSA) is 88.2 Å². The van der Waals surface area contributed by atoms with Gasteiger partial charge in [-0.15, -0.1) is 0 Å². The molecule has 0 aliphatic carbocycles. The van der Waals surface area contributed by atoms with Crippen LogP contribution in [-0.4, -0.2) is 69.0 Å². The van der Waals surface area contributed by atoms with Crippen molar-refractivity contribution in [1.82, 2.24) is 14.5 Å². The van der Waals surface area contributed by atoms with Gasteiger partial charge in [-0.25, -0.2) is 8.42 Å². The summed E-state index contributed by atoms with van der Waals surface area (Å²) >= 11 is 0. The number of hydrogen-bond donors (Lipinski definition) is 1. The first kappa shape index (κ1) is 24.3. The third-order valence-electron chi connectivity index (χ3n) is 6.39. The Hall–Kier alpha value is -3.40. The smallest absolute Gasteiger partial charge is 0.251 e. The summed E-state index contributed by atoms with van der Waals surface area (Å²) in [6, 6.07) is 23.6. The van der Waals surface area contributed by atoms with Gasteiger partial charge < -0.3 is 14.8 Å². The fourth-order valence-corrected chi connectivity index (χ4v) is 5.80. The van der Waals surface area contributed by atoms with E-state index in [1.54, 1.807) is 28.6 Å². The first-order chi connectivity index (χ1) is 17.5. The van der Waals surface area contributed by atoms with Crippen molar-refractivity contribution < 1.29 is 22.7 Å². The van der Waals surface area contributed by atoms with Crippen LogP contribution in [0.5, 0.6) is 11.5 Å². The number of rotatable bonds is 7. The van der Waals surface area contributed by atoms with Gasteiger partial charge in [0.2, 0.25) is 10.0 Å². The monoisotopic (exact) mass is 507 g/mol. The van der Waals surface area contributed by atoms with Crippen LogP contribution >= 0.6 is 0 Å². The summed E-state index contributed by atoms with van der Waals surface area (Å²) < 4.78 is 38.8. The van der Waals surface area contributed by atoms with Gasteiger partial charge in [0.25, 0.3) is 5.91 Å². The van der Waals surface area contributed by atoms with Crippen LogP contribution in [0.1, 0.15) is 15.9 Å². The SMILES string of the molecule is O=C(NCC1COc2ccccc2O1)c1ccc(CN2CCN(S(=O)(=O)c3ccccc3)CC2)cc1. The summed E-state index contributed by atoms with van der Waals surface area (Å²) in [4.78, 5) is 15.2. The van der Waals surface area contributed by atoms with Crippen molar-refractivity contribution in [2.45, 2.75) is 17.5 Å². The molecule has 3 aromatic carbocycles. The predicted molar refractivity (Wildman–Crippen MR) is 136 cm³/mol. The number of ether oxygens (including phenoxy) is 2. The van der Waals surface area contributed by atoms with Crippen molar-refractivity contribution in [3.63, 3.8) is 0 Å². The van der Waals surface area contributed by atoms with Crippen molar-refractivity contribution in [3.05, 3.63) is 90.0 Å². The zero-order valence-corrected chi connectivity index (χ0v) is 20.7. The third kappa shape index (κ3) is 5.53. The number of carbonyl (C=O) groups excluding carboxylic acids is 1. The number of carbonyl (C=O) groups is 1. The zero-order valence-electron chi connectivity index (χ0n) is 19.9. The molecule has 0 saturated carbocycles. The quantitative estimate of drug-likeness (QED) is 0.529. The molecule has 188 valence electrons. The molecule has 1 saturated heterocycles. The number of piperazine rings is 1. The van der Waals surface area contributed by atoms with E-state index in [1.165, 1.54) is 0 Å². The van der Waals surface area contributed by atoms with E-state index in [9.17, 15) is 13.2 Å². The van der Waals surface area contributed by atoms with E-state index in [0.29, 0.717) is 62.1 Å². The van der Waals surface area contributed by atoms with Crippen molar-refractivity contribution >= 4 is 15.9 Å². The van der Waals surface area contributed by atoms with Crippen molar-refractivity contribution in [3.8, 4) is 11.5 Å². The Bertz CT molecular complexity index is 1290. The molecule has 0 aromatic heterocycles. The normalized spacial score (nSPS) is 18.5. The van der Waals surface area contributed by atoms with Crippen LogP contribution in [0.4, 0.5) is 0 Å². The molecule has 1 unspecified atom stereocenters. The number of nitrogens with zero attached hydrogens (tertiary/aromatic N) is 2. The standard InChI is InChI=1S/C27H29N3O5S/c31-27(28-18-23-20-34-25-8-4-5-9-26(25)35-23)22-12-10-21(11-13-22)19-29-14-16-30(17-15-29)36(32,33)24-6-2-1-3-7-24/h1-13,23H,14-20H2,(H,28,31). The first-order valence-corrected chi connectivity index (χ1v) is 13.5. The first-order valence-electron chi connectivity index (χ1n) is 12.0. The van der Waals surface area contributed by atoms with E-state index in [1.807, 2.05) is 54.6 Å². The average Bonchev–Trinajstić information content (AvgIpc) is 2.93. The molecule has 1 atom stereocenters. The second kappa shape index (κ2) is 10.7. The lowest BCUT2D eigenvalue weighted by molar-refractivity contribution is 0.0789. The number of amides is 1. The summed E-state index contributed by atoms with van der Waals surface area (Å²) in [6.45, 7) is 3.65. The van der Waals surface area contributed by atoms with E-state index in [0.717, 1.165) is 11.3 Å². The van der Waals surface area contributed by atoms with Crippen molar-refractivity contribution in [2.75, 3.05) is 39.3 Å². The summed E-state index contributed by atoms with van der Waals surface area (Å²) in [5.74, 6) is 1.24. The van der Waals surface area contributed by atoms with Crippen molar-refractivity contribution in [2.24, 2.45) is 0 Å². The van der Waals surface area contributed by atoms with Crippen LogP contribution < -0.4 is 14.8 Å². The van der Waals surface area contributed by atoms with E-state index in [-0.39, 0.29) is 12.0 Å². The summed E-state index contributed by atoms with van der Waals surface area (Å²) in [5, 5.41) is 2.92. The molecule has 2 aliphatic rings. The molecule has 2 aliphatic heterocycles. The highest BCUT2D eigenvalue weighted by atomic mass is 32.2. The van der Waals surface area contributed by atoms with Crippen LogP contribution in [0.3, 0.4) is 0 Å². The number of nitrogens with one attached hydrogen (secondary N) is 1. The minimum absolute atomic E-state index is 0.163. The summed E-state index contributed by atoms with van der Waals surface area (Å²) in [7, 11) is -3.46. The Morgan fingerprint density at radius 2 is 1.53 bits per heavy atom. The molecule has 8 nitrogen and oxygen atoms in total. The molecule has 1 fully saturated rings. The van der Waals surface area contributed by atoms with Gasteiger partial charge in [-0.2, -0.15) is 4.31 Å². The van der Waals surface area contributed by atoms with Gasteiger partial charge in [0, 0.05) is 38.3 Å². The maximum Gasteiger partial charge on any atom is 0.251 e. The number of benzene rings is 3. The molecule has 0 bridgehead atoms. The largest absolute Gasteiger partial charge is 0.486 e. The van der Waals surface area contributed by atoms with E-state index in [4.69, 9.17) is 9.47 Å².